The molecule has 0 unspecified atom stereocenters. The lowest BCUT2D eigenvalue weighted by Gasteiger charge is -2.09. The van der Waals surface area contributed by atoms with Crippen LogP contribution in [0.4, 0.5) is 11.4 Å². The van der Waals surface area contributed by atoms with E-state index in [4.69, 9.17) is 11.6 Å². The van der Waals surface area contributed by atoms with Gasteiger partial charge in [-0.25, -0.2) is 0 Å². The van der Waals surface area contributed by atoms with Crippen molar-refractivity contribution in [1.82, 2.24) is 0 Å². The van der Waals surface area contributed by atoms with Crippen molar-refractivity contribution in [1.29, 1.82) is 5.26 Å². The number of rotatable bonds is 4. The Balaban J connectivity index is 2.16. The van der Waals surface area contributed by atoms with Crippen LogP contribution in [-0.4, -0.2) is 5.91 Å². The summed E-state index contributed by atoms with van der Waals surface area (Å²) in [5.74, 6) is -0.487. The van der Waals surface area contributed by atoms with Gasteiger partial charge in [-0.05, 0) is 43.2 Å². The van der Waals surface area contributed by atoms with Crippen molar-refractivity contribution >= 4 is 28.9 Å². The molecule has 2 N–H and O–H groups in total. The van der Waals surface area contributed by atoms with E-state index in [-0.39, 0.29) is 5.57 Å². The van der Waals surface area contributed by atoms with Gasteiger partial charge in [0.2, 0.25) is 0 Å². The third-order valence-electron chi connectivity index (χ3n) is 3.33. The van der Waals surface area contributed by atoms with E-state index in [0.29, 0.717) is 10.7 Å². The number of anilines is 2. The zero-order chi connectivity index (χ0) is 16.8. The van der Waals surface area contributed by atoms with Crippen molar-refractivity contribution in [2.24, 2.45) is 0 Å². The lowest BCUT2D eigenvalue weighted by molar-refractivity contribution is -0.112. The van der Waals surface area contributed by atoms with Crippen LogP contribution >= 0.6 is 11.6 Å². The van der Waals surface area contributed by atoms with Gasteiger partial charge >= 0.3 is 0 Å². The quantitative estimate of drug-likeness (QED) is 0.646. The predicted molar refractivity (Wildman–Crippen MR) is 93.3 cm³/mol. The number of hydrogen-bond donors (Lipinski definition) is 2. The average Bonchev–Trinajstić information content (AvgIpc) is 2.53. The Bertz CT molecular complexity index is 806. The van der Waals surface area contributed by atoms with Crippen LogP contribution in [0.3, 0.4) is 0 Å². The topological polar surface area (TPSA) is 64.9 Å². The fourth-order valence-electron chi connectivity index (χ4n) is 1.95. The normalized spacial score (nSPS) is 10.8. The van der Waals surface area contributed by atoms with Gasteiger partial charge in [-0.3, -0.25) is 4.79 Å². The van der Waals surface area contributed by atoms with E-state index in [1.807, 2.05) is 44.2 Å². The van der Waals surface area contributed by atoms with E-state index in [0.717, 1.165) is 16.8 Å². The number of carbonyl (C=O) groups is 1. The second-order valence-corrected chi connectivity index (χ2v) is 5.48. The summed E-state index contributed by atoms with van der Waals surface area (Å²) in [5.41, 5.74) is 3.29. The fraction of sp³-hybridized carbons (Fsp3) is 0.111. The highest BCUT2D eigenvalue weighted by Crippen LogP contribution is 2.21. The van der Waals surface area contributed by atoms with Crippen molar-refractivity contribution < 1.29 is 4.79 Å². The van der Waals surface area contributed by atoms with Crippen LogP contribution in [0.2, 0.25) is 5.02 Å². The molecular formula is C18H16ClN3O. The molecule has 0 saturated heterocycles. The highest BCUT2D eigenvalue weighted by Gasteiger charge is 2.11. The van der Waals surface area contributed by atoms with Crippen LogP contribution < -0.4 is 10.6 Å². The van der Waals surface area contributed by atoms with Gasteiger partial charge in [0.25, 0.3) is 5.91 Å². The van der Waals surface area contributed by atoms with E-state index >= 15 is 0 Å². The third kappa shape index (κ3) is 4.35. The largest absolute Gasteiger partial charge is 0.360 e. The summed E-state index contributed by atoms with van der Waals surface area (Å²) in [5, 5.41) is 15.4. The van der Waals surface area contributed by atoms with Crippen molar-refractivity contribution in [2.75, 3.05) is 10.6 Å². The second-order valence-electron chi connectivity index (χ2n) is 5.04. The molecule has 2 rings (SSSR count). The SMILES string of the molecule is Cc1ccccc1N/C=C(/C#N)C(=O)Nc1cc(Cl)ccc1C. The summed E-state index contributed by atoms with van der Waals surface area (Å²) in [6.07, 6.45) is 1.40. The van der Waals surface area contributed by atoms with E-state index in [2.05, 4.69) is 10.6 Å². The zero-order valence-corrected chi connectivity index (χ0v) is 13.6. The van der Waals surface area contributed by atoms with Crippen molar-refractivity contribution in [3.05, 3.63) is 70.4 Å². The molecule has 2 aromatic rings. The van der Waals surface area contributed by atoms with E-state index in [1.54, 1.807) is 18.2 Å². The molecule has 0 atom stereocenters. The molecule has 0 radical (unpaired) electrons. The minimum atomic E-state index is -0.487. The molecule has 0 aliphatic carbocycles. The second kappa shape index (κ2) is 7.48. The van der Waals surface area contributed by atoms with Crippen molar-refractivity contribution in [3.8, 4) is 6.07 Å². The van der Waals surface area contributed by atoms with E-state index in [1.165, 1.54) is 6.20 Å². The van der Waals surface area contributed by atoms with Gasteiger partial charge in [0.15, 0.2) is 0 Å². The number of benzene rings is 2. The highest BCUT2D eigenvalue weighted by atomic mass is 35.5. The molecule has 0 aromatic heterocycles. The molecule has 0 aliphatic rings. The Morgan fingerprint density at radius 1 is 1.13 bits per heavy atom. The van der Waals surface area contributed by atoms with Gasteiger partial charge in [0, 0.05) is 22.6 Å². The van der Waals surface area contributed by atoms with Crippen molar-refractivity contribution in [2.45, 2.75) is 13.8 Å². The molecule has 0 fully saturated rings. The van der Waals surface area contributed by atoms with Crippen molar-refractivity contribution in [3.63, 3.8) is 0 Å². The fourth-order valence-corrected chi connectivity index (χ4v) is 2.12. The molecule has 116 valence electrons. The molecule has 5 heteroatoms. The number of carbonyl (C=O) groups excluding carboxylic acids is 1. The Hall–Kier alpha value is -2.77. The van der Waals surface area contributed by atoms with Gasteiger partial charge in [0.05, 0.1) is 0 Å². The van der Waals surface area contributed by atoms with Gasteiger partial charge in [0.1, 0.15) is 11.6 Å². The number of halogens is 1. The molecule has 0 saturated carbocycles. The highest BCUT2D eigenvalue weighted by molar-refractivity contribution is 6.31. The maximum absolute atomic E-state index is 12.2. The minimum Gasteiger partial charge on any atom is -0.360 e. The van der Waals surface area contributed by atoms with E-state index < -0.39 is 5.91 Å². The number of aryl methyl sites for hydroxylation is 2. The van der Waals surface area contributed by atoms with Gasteiger partial charge in [-0.1, -0.05) is 35.9 Å². The minimum absolute atomic E-state index is 0.0207. The molecule has 0 aliphatic heterocycles. The van der Waals surface area contributed by atoms with Gasteiger partial charge in [-0.15, -0.1) is 0 Å². The average molecular weight is 326 g/mol. The molecule has 0 spiro atoms. The zero-order valence-electron chi connectivity index (χ0n) is 12.9. The van der Waals surface area contributed by atoms with Gasteiger partial charge in [-0.2, -0.15) is 5.26 Å². The summed E-state index contributed by atoms with van der Waals surface area (Å²) in [4.78, 5) is 12.2. The summed E-state index contributed by atoms with van der Waals surface area (Å²) in [6, 6.07) is 14.7. The maximum atomic E-state index is 12.2. The number of nitrogens with one attached hydrogen (secondary N) is 2. The molecule has 4 nitrogen and oxygen atoms in total. The first-order valence-corrected chi connectivity index (χ1v) is 7.39. The third-order valence-corrected chi connectivity index (χ3v) is 3.57. The first kappa shape index (κ1) is 16.6. The summed E-state index contributed by atoms with van der Waals surface area (Å²) in [6.45, 7) is 3.80. The standard InChI is InChI=1S/C18H16ClN3O/c1-12-5-3-4-6-16(12)21-11-14(10-20)18(23)22-17-9-15(19)8-7-13(17)2/h3-9,11,21H,1-2H3,(H,22,23)/b14-11-. The number of para-hydroxylation sites is 1. The smallest absolute Gasteiger partial charge is 0.267 e. The van der Waals surface area contributed by atoms with Crippen LogP contribution in [0.1, 0.15) is 11.1 Å². The number of amides is 1. The Kier molecular flexibility index (Phi) is 5.40. The number of hydrogen-bond acceptors (Lipinski definition) is 3. The monoisotopic (exact) mass is 325 g/mol. The predicted octanol–water partition coefficient (Wildman–Crippen LogP) is 4.41. The van der Waals surface area contributed by atoms with Gasteiger partial charge < -0.3 is 10.6 Å². The number of nitriles is 1. The molecule has 0 heterocycles. The lowest BCUT2D eigenvalue weighted by atomic mass is 10.2. The Labute approximate surface area is 140 Å². The number of nitrogens with zero attached hydrogens (tertiary/aromatic N) is 1. The van der Waals surface area contributed by atoms with Crippen LogP contribution in [0.15, 0.2) is 54.2 Å². The summed E-state index contributed by atoms with van der Waals surface area (Å²) in [7, 11) is 0. The Morgan fingerprint density at radius 3 is 2.52 bits per heavy atom. The molecule has 1 amide bonds. The summed E-state index contributed by atoms with van der Waals surface area (Å²) >= 11 is 5.93. The first-order chi connectivity index (χ1) is 11.0. The van der Waals surface area contributed by atoms with Crippen LogP contribution in [0.5, 0.6) is 0 Å². The van der Waals surface area contributed by atoms with Crippen LogP contribution in [0.25, 0.3) is 0 Å². The molecule has 0 bridgehead atoms. The molecule has 23 heavy (non-hydrogen) atoms. The molecular weight excluding hydrogens is 310 g/mol. The van der Waals surface area contributed by atoms with Crippen LogP contribution in [-0.2, 0) is 4.79 Å². The first-order valence-electron chi connectivity index (χ1n) is 7.01. The maximum Gasteiger partial charge on any atom is 0.267 e. The van der Waals surface area contributed by atoms with Crippen LogP contribution in [0, 0.1) is 25.2 Å². The van der Waals surface area contributed by atoms with E-state index in [9.17, 15) is 10.1 Å². The lowest BCUT2D eigenvalue weighted by Crippen LogP contribution is -2.15. The Morgan fingerprint density at radius 2 is 1.83 bits per heavy atom. The molecule has 2 aromatic carbocycles. The summed E-state index contributed by atoms with van der Waals surface area (Å²) < 4.78 is 0.